The van der Waals surface area contributed by atoms with Crippen molar-refractivity contribution in [3.63, 3.8) is 0 Å². The maximum absolute atomic E-state index is 12.0. The summed E-state index contributed by atoms with van der Waals surface area (Å²) in [7, 11) is 0. The van der Waals surface area contributed by atoms with Crippen LogP contribution in [-0.2, 0) is 4.79 Å². The van der Waals surface area contributed by atoms with E-state index in [0.717, 1.165) is 10.9 Å². The highest BCUT2D eigenvalue weighted by atomic mass is 16.4. The van der Waals surface area contributed by atoms with Crippen molar-refractivity contribution in [2.24, 2.45) is 0 Å². The lowest BCUT2D eigenvalue weighted by Gasteiger charge is -2.11. The summed E-state index contributed by atoms with van der Waals surface area (Å²) in [5, 5.41) is 18.9. The number of hydrogen-bond acceptors (Lipinski definition) is 3. The number of para-hydroxylation sites is 1. The number of aromatic nitrogens is 2. The van der Waals surface area contributed by atoms with Gasteiger partial charge in [-0.05, 0) is 19.4 Å². The van der Waals surface area contributed by atoms with E-state index in [1.807, 2.05) is 24.3 Å². The highest BCUT2D eigenvalue weighted by Gasteiger charge is 2.16. The van der Waals surface area contributed by atoms with Crippen LogP contribution in [0.2, 0.25) is 0 Å². The summed E-state index contributed by atoms with van der Waals surface area (Å²) in [5.41, 5.74) is 1.13. The number of aliphatic carboxylic acids is 1. The van der Waals surface area contributed by atoms with Gasteiger partial charge in [-0.3, -0.25) is 14.7 Å². The molecule has 0 aliphatic heterocycles. The van der Waals surface area contributed by atoms with E-state index in [4.69, 9.17) is 5.11 Å². The largest absolute Gasteiger partial charge is 0.481 e. The summed E-state index contributed by atoms with van der Waals surface area (Å²) in [6, 6.07) is 7.14. The molecule has 6 nitrogen and oxygen atoms in total. The second-order valence-corrected chi connectivity index (χ2v) is 4.42. The number of carbonyl (C=O) groups excluding carboxylic acids is 1. The molecule has 1 aromatic carbocycles. The van der Waals surface area contributed by atoms with Crippen molar-refractivity contribution >= 4 is 22.8 Å². The third kappa shape index (κ3) is 3.09. The zero-order chi connectivity index (χ0) is 13.8. The molecule has 2 aromatic rings. The fraction of sp³-hybridized carbons (Fsp3) is 0.308. The van der Waals surface area contributed by atoms with E-state index in [-0.39, 0.29) is 18.4 Å². The van der Waals surface area contributed by atoms with E-state index in [0.29, 0.717) is 12.1 Å². The lowest BCUT2D eigenvalue weighted by molar-refractivity contribution is -0.137. The van der Waals surface area contributed by atoms with Crippen LogP contribution in [0.15, 0.2) is 24.3 Å². The van der Waals surface area contributed by atoms with Crippen molar-refractivity contribution in [2.75, 3.05) is 0 Å². The maximum Gasteiger partial charge on any atom is 0.303 e. The summed E-state index contributed by atoms with van der Waals surface area (Å²) in [5.74, 6) is -1.17. The number of hydrogen-bond donors (Lipinski definition) is 3. The fourth-order valence-corrected chi connectivity index (χ4v) is 1.84. The van der Waals surface area contributed by atoms with Gasteiger partial charge in [0.1, 0.15) is 0 Å². The number of nitrogens with one attached hydrogen (secondary N) is 2. The van der Waals surface area contributed by atoms with Gasteiger partial charge < -0.3 is 10.4 Å². The van der Waals surface area contributed by atoms with E-state index in [1.165, 1.54) is 0 Å². The molecule has 0 aliphatic carbocycles. The van der Waals surface area contributed by atoms with E-state index >= 15 is 0 Å². The molecule has 3 N–H and O–H groups in total. The van der Waals surface area contributed by atoms with Crippen LogP contribution in [0.3, 0.4) is 0 Å². The zero-order valence-electron chi connectivity index (χ0n) is 10.5. The molecule has 0 radical (unpaired) electrons. The van der Waals surface area contributed by atoms with Crippen LogP contribution >= 0.6 is 0 Å². The van der Waals surface area contributed by atoms with Gasteiger partial charge in [0.05, 0.1) is 5.52 Å². The molecular weight excluding hydrogens is 246 g/mol. The third-order valence-corrected chi connectivity index (χ3v) is 2.85. The molecule has 1 unspecified atom stereocenters. The first-order valence-corrected chi connectivity index (χ1v) is 6.03. The Morgan fingerprint density at radius 3 is 2.89 bits per heavy atom. The van der Waals surface area contributed by atoms with Gasteiger partial charge in [-0.1, -0.05) is 18.2 Å². The zero-order valence-corrected chi connectivity index (χ0v) is 10.5. The Kier molecular flexibility index (Phi) is 3.79. The number of aromatic amines is 1. The Labute approximate surface area is 109 Å². The minimum Gasteiger partial charge on any atom is -0.481 e. The number of fused-ring (bicyclic) bond motifs is 1. The van der Waals surface area contributed by atoms with Crippen molar-refractivity contribution in [3.8, 4) is 0 Å². The predicted octanol–water partition coefficient (Wildman–Crippen LogP) is 1.55. The summed E-state index contributed by atoms with van der Waals surface area (Å²) in [6.45, 7) is 1.77. The van der Waals surface area contributed by atoms with Crippen molar-refractivity contribution in [1.82, 2.24) is 15.5 Å². The Bertz CT molecular complexity index is 606. The van der Waals surface area contributed by atoms with Gasteiger partial charge in [-0.2, -0.15) is 5.10 Å². The predicted molar refractivity (Wildman–Crippen MR) is 69.9 cm³/mol. The minimum atomic E-state index is -0.869. The molecule has 0 saturated heterocycles. The van der Waals surface area contributed by atoms with Crippen molar-refractivity contribution < 1.29 is 14.7 Å². The number of carboxylic acid groups (broad SMARTS) is 1. The van der Waals surface area contributed by atoms with Crippen LogP contribution in [0.1, 0.15) is 30.3 Å². The third-order valence-electron chi connectivity index (χ3n) is 2.85. The van der Waals surface area contributed by atoms with Crippen molar-refractivity contribution in [1.29, 1.82) is 0 Å². The first-order chi connectivity index (χ1) is 9.08. The molecule has 1 amide bonds. The van der Waals surface area contributed by atoms with Crippen LogP contribution in [0.5, 0.6) is 0 Å². The SMILES string of the molecule is CC(CCC(=O)O)NC(=O)c1n[nH]c2ccccc12. The molecule has 0 aliphatic rings. The molecular formula is C13H15N3O3. The molecule has 1 aromatic heterocycles. The Morgan fingerprint density at radius 1 is 1.42 bits per heavy atom. The molecule has 0 fully saturated rings. The molecule has 0 spiro atoms. The van der Waals surface area contributed by atoms with Gasteiger partial charge >= 0.3 is 5.97 Å². The lowest BCUT2D eigenvalue weighted by Crippen LogP contribution is -2.33. The topological polar surface area (TPSA) is 95.1 Å². The van der Waals surface area contributed by atoms with Crippen LogP contribution in [0, 0.1) is 0 Å². The highest BCUT2D eigenvalue weighted by molar-refractivity contribution is 6.04. The van der Waals surface area contributed by atoms with Crippen LogP contribution in [0.25, 0.3) is 10.9 Å². The average Bonchev–Trinajstić information content (AvgIpc) is 2.80. The van der Waals surface area contributed by atoms with E-state index in [2.05, 4.69) is 15.5 Å². The van der Waals surface area contributed by atoms with Gasteiger partial charge in [-0.15, -0.1) is 0 Å². The molecule has 1 heterocycles. The monoisotopic (exact) mass is 261 g/mol. The van der Waals surface area contributed by atoms with Crippen LogP contribution in [-0.4, -0.2) is 33.2 Å². The second kappa shape index (κ2) is 5.51. The molecule has 0 bridgehead atoms. The number of carboxylic acids is 1. The van der Waals surface area contributed by atoms with E-state index in [1.54, 1.807) is 6.92 Å². The summed E-state index contributed by atoms with van der Waals surface area (Å²) >= 11 is 0. The van der Waals surface area contributed by atoms with E-state index in [9.17, 15) is 9.59 Å². The summed E-state index contributed by atoms with van der Waals surface area (Å²) in [6.07, 6.45) is 0.423. The number of amides is 1. The van der Waals surface area contributed by atoms with Gasteiger partial charge in [0.2, 0.25) is 0 Å². The number of H-pyrrole nitrogens is 1. The first-order valence-electron chi connectivity index (χ1n) is 6.03. The second-order valence-electron chi connectivity index (χ2n) is 4.42. The molecule has 100 valence electrons. The van der Waals surface area contributed by atoms with E-state index < -0.39 is 5.97 Å². The standard InChI is InChI=1S/C13H15N3O3/c1-8(6-7-11(17)18)14-13(19)12-9-4-2-3-5-10(9)15-16-12/h2-5,8H,6-7H2,1H3,(H,14,19)(H,15,16)(H,17,18). The van der Waals surface area contributed by atoms with Crippen LogP contribution in [0.4, 0.5) is 0 Å². The van der Waals surface area contributed by atoms with Crippen molar-refractivity contribution in [2.45, 2.75) is 25.8 Å². The molecule has 1 atom stereocenters. The highest BCUT2D eigenvalue weighted by Crippen LogP contribution is 2.15. The Balaban J connectivity index is 2.05. The minimum absolute atomic E-state index is 0.0305. The van der Waals surface area contributed by atoms with Crippen molar-refractivity contribution in [3.05, 3.63) is 30.0 Å². The first kappa shape index (κ1) is 13.1. The summed E-state index contributed by atoms with van der Waals surface area (Å²) < 4.78 is 0. The quantitative estimate of drug-likeness (QED) is 0.760. The number of benzene rings is 1. The smallest absolute Gasteiger partial charge is 0.303 e. The Hall–Kier alpha value is -2.37. The van der Waals surface area contributed by atoms with Gasteiger partial charge in [0.25, 0.3) is 5.91 Å². The molecule has 6 heteroatoms. The molecule has 2 rings (SSSR count). The van der Waals surface area contributed by atoms with Gasteiger partial charge in [0, 0.05) is 17.8 Å². The maximum atomic E-state index is 12.0. The number of rotatable bonds is 5. The normalized spacial score (nSPS) is 12.3. The average molecular weight is 261 g/mol. The molecule has 19 heavy (non-hydrogen) atoms. The fourth-order valence-electron chi connectivity index (χ4n) is 1.84. The lowest BCUT2D eigenvalue weighted by atomic mass is 10.1. The summed E-state index contributed by atoms with van der Waals surface area (Å²) in [4.78, 5) is 22.5. The Morgan fingerprint density at radius 2 is 2.16 bits per heavy atom. The van der Waals surface area contributed by atoms with Gasteiger partial charge in [-0.25, -0.2) is 0 Å². The number of nitrogens with zero attached hydrogens (tertiary/aromatic N) is 1. The number of carbonyl (C=O) groups is 2. The molecule has 0 saturated carbocycles. The van der Waals surface area contributed by atoms with Crippen LogP contribution < -0.4 is 5.32 Å². The van der Waals surface area contributed by atoms with Gasteiger partial charge in [0.15, 0.2) is 5.69 Å².